The predicted octanol–water partition coefficient (Wildman–Crippen LogP) is 0.246. The van der Waals surface area contributed by atoms with Gasteiger partial charge in [0.1, 0.15) is 36.6 Å². The Kier molecular flexibility index (Phi) is 10.4. The first kappa shape index (κ1) is 22.7. The minimum atomic E-state index is -0.546. The van der Waals surface area contributed by atoms with Gasteiger partial charge in [-0.2, -0.15) is 0 Å². The zero-order chi connectivity index (χ0) is 19.0. The van der Waals surface area contributed by atoms with Crippen molar-refractivity contribution in [2.24, 2.45) is 0 Å². The van der Waals surface area contributed by atoms with Crippen molar-refractivity contribution in [2.75, 3.05) is 48.8 Å². The summed E-state index contributed by atoms with van der Waals surface area (Å²) in [5.41, 5.74) is 0. The second kappa shape index (κ2) is 11.4. The molecule has 25 heavy (non-hydrogen) atoms. The van der Waals surface area contributed by atoms with E-state index < -0.39 is 6.10 Å². The molecule has 0 spiro atoms. The standard InChI is InChI=1S/C9H18O4.C8H16O4/c1-6-8(11-3)9(12-4)7(13-6)5-10-2;1-5-7(9)8(11-3)6(12-5)4-10-2/h6-9H,5H2,1-4H3;5-9H,4H2,1-3H3/t6-,7+,8?,9-;5-,6+,7?,8-/m00/s1. The normalized spacial score (nSPS) is 40.8. The van der Waals surface area contributed by atoms with E-state index in [1.54, 1.807) is 35.5 Å². The largest absolute Gasteiger partial charge is 0.388 e. The van der Waals surface area contributed by atoms with Crippen molar-refractivity contribution >= 4 is 0 Å². The molecule has 0 aliphatic carbocycles. The average Bonchev–Trinajstić information content (AvgIpc) is 3.04. The van der Waals surface area contributed by atoms with E-state index in [0.29, 0.717) is 13.2 Å². The van der Waals surface area contributed by atoms with Crippen LogP contribution < -0.4 is 0 Å². The maximum atomic E-state index is 9.55. The van der Waals surface area contributed by atoms with Crippen LogP contribution in [0.25, 0.3) is 0 Å². The number of methoxy groups -OCH3 is 5. The van der Waals surface area contributed by atoms with Crippen molar-refractivity contribution in [3.05, 3.63) is 0 Å². The van der Waals surface area contributed by atoms with Gasteiger partial charge in [-0.05, 0) is 13.8 Å². The molecule has 0 amide bonds. The highest BCUT2D eigenvalue weighted by molar-refractivity contribution is 4.90. The molecule has 2 heterocycles. The molecule has 0 radical (unpaired) electrons. The minimum absolute atomic E-state index is 0.00477. The molecule has 8 nitrogen and oxygen atoms in total. The summed E-state index contributed by atoms with van der Waals surface area (Å²) in [6.07, 6.45) is -1.11. The fourth-order valence-electron chi connectivity index (χ4n) is 3.33. The molecule has 2 aliphatic rings. The lowest BCUT2D eigenvalue weighted by molar-refractivity contribution is -0.0471. The molecule has 2 fully saturated rings. The number of aliphatic hydroxyl groups excluding tert-OH is 1. The fourth-order valence-corrected chi connectivity index (χ4v) is 3.33. The molecule has 150 valence electrons. The molecule has 0 aromatic carbocycles. The van der Waals surface area contributed by atoms with Gasteiger partial charge in [-0.3, -0.25) is 0 Å². The molecule has 0 bridgehead atoms. The van der Waals surface area contributed by atoms with Crippen LogP contribution >= 0.6 is 0 Å². The van der Waals surface area contributed by atoms with E-state index in [0.717, 1.165) is 0 Å². The monoisotopic (exact) mass is 366 g/mol. The topological polar surface area (TPSA) is 84.8 Å². The van der Waals surface area contributed by atoms with Crippen LogP contribution in [0.5, 0.6) is 0 Å². The van der Waals surface area contributed by atoms with Gasteiger partial charge in [0.25, 0.3) is 0 Å². The molecule has 8 heteroatoms. The van der Waals surface area contributed by atoms with Crippen LogP contribution in [0.1, 0.15) is 13.8 Å². The Morgan fingerprint density at radius 1 is 0.680 bits per heavy atom. The molecule has 0 aromatic heterocycles. The molecule has 2 unspecified atom stereocenters. The second-order valence-electron chi connectivity index (χ2n) is 6.26. The summed E-state index contributed by atoms with van der Waals surface area (Å²) in [4.78, 5) is 0. The van der Waals surface area contributed by atoms with Gasteiger partial charge in [0.2, 0.25) is 0 Å². The highest BCUT2D eigenvalue weighted by atomic mass is 16.6. The number of hydrogen-bond donors (Lipinski definition) is 1. The van der Waals surface area contributed by atoms with Gasteiger partial charge in [-0.25, -0.2) is 0 Å². The second-order valence-corrected chi connectivity index (χ2v) is 6.26. The molecular formula is C17H34O8. The molecular weight excluding hydrogens is 332 g/mol. The smallest absolute Gasteiger partial charge is 0.114 e. The van der Waals surface area contributed by atoms with E-state index in [2.05, 4.69) is 0 Å². The summed E-state index contributed by atoms with van der Waals surface area (Å²) >= 11 is 0. The third-order valence-corrected chi connectivity index (χ3v) is 4.59. The third-order valence-electron chi connectivity index (χ3n) is 4.59. The van der Waals surface area contributed by atoms with E-state index in [9.17, 15) is 5.11 Å². The fraction of sp³-hybridized carbons (Fsp3) is 1.00. The average molecular weight is 366 g/mol. The number of rotatable bonds is 7. The zero-order valence-electron chi connectivity index (χ0n) is 16.3. The maximum Gasteiger partial charge on any atom is 0.114 e. The van der Waals surface area contributed by atoms with Gasteiger partial charge in [0.15, 0.2) is 0 Å². The summed E-state index contributed by atoms with van der Waals surface area (Å²) in [6.45, 7) is 4.81. The first-order valence-corrected chi connectivity index (χ1v) is 8.50. The summed E-state index contributed by atoms with van der Waals surface area (Å²) < 4.78 is 36.8. The lowest BCUT2D eigenvalue weighted by atomic mass is 10.1. The highest BCUT2D eigenvalue weighted by Crippen LogP contribution is 2.25. The summed E-state index contributed by atoms with van der Waals surface area (Å²) in [5, 5.41) is 9.55. The van der Waals surface area contributed by atoms with Crippen LogP contribution in [-0.4, -0.2) is 103 Å². The van der Waals surface area contributed by atoms with E-state index >= 15 is 0 Å². The SMILES string of the molecule is COC[C@H]1O[C@@H](C)C(O)[C@H]1OC.COC[C@H]1O[C@@H](C)C(OC)[C@H]1OC. The van der Waals surface area contributed by atoms with E-state index in [4.69, 9.17) is 33.2 Å². The molecule has 1 N–H and O–H groups in total. The number of aliphatic hydroxyl groups is 1. The van der Waals surface area contributed by atoms with E-state index in [1.807, 2.05) is 13.8 Å². The summed E-state index contributed by atoms with van der Waals surface area (Å²) in [7, 11) is 8.16. The summed E-state index contributed by atoms with van der Waals surface area (Å²) in [5.74, 6) is 0. The lowest BCUT2D eigenvalue weighted by Crippen LogP contribution is -2.37. The zero-order valence-corrected chi connectivity index (χ0v) is 16.3. The Labute approximate surface area is 150 Å². The Hall–Kier alpha value is -0.320. The van der Waals surface area contributed by atoms with Crippen LogP contribution in [0.3, 0.4) is 0 Å². The molecule has 2 saturated heterocycles. The van der Waals surface area contributed by atoms with Crippen molar-refractivity contribution in [1.29, 1.82) is 0 Å². The predicted molar refractivity (Wildman–Crippen MR) is 90.8 cm³/mol. The van der Waals surface area contributed by atoms with Gasteiger partial charge in [0, 0.05) is 35.5 Å². The minimum Gasteiger partial charge on any atom is -0.388 e. The first-order valence-electron chi connectivity index (χ1n) is 8.50. The highest BCUT2D eigenvalue weighted by Gasteiger charge is 2.43. The van der Waals surface area contributed by atoms with Crippen molar-refractivity contribution in [2.45, 2.75) is 62.7 Å². The van der Waals surface area contributed by atoms with Crippen LogP contribution in [0, 0.1) is 0 Å². The maximum absolute atomic E-state index is 9.55. The third kappa shape index (κ3) is 5.83. The Bertz CT molecular complexity index is 356. The Balaban J connectivity index is 0.000000251. The number of ether oxygens (including phenoxy) is 7. The van der Waals surface area contributed by atoms with Gasteiger partial charge in [-0.15, -0.1) is 0 Å². The Morgan fingerprint density at radius 2 is 1.12 bits per heavy atom. The van der Waals surface area contributed by atoms with Crippen molar-refractivity contribution in [3.8, 4) is 0 Å². The van der Waals surface area contributed by atoms with Gasteiger partial charge in [0.05, 0.1) is 25.4 Å². The van der Waals surface area contributed by atoms with Crippen LogP contribution in [-0.2, 0) is 33.2 Å². The van der Waals surface area contributed by atoms with Crippen LogP contribution in [0.15, 0.2) is 0 Å². The number of hydrogen-bond acceptors (Lipinski definition) is 8. The van der Waals surface area contributed by atoms with Crippen molar-refractivity contribution < 1.29 is 38.3 Å². The van der Waals surface area contributed by atoms with E-state index in [1.165, 1.54) is 0 Å². The van der Waals surface area contributed by atoms with Gasteiger partial charge in [-0.1, -0.05) is 0 Å². The molecule has 0 aromatic rings. The van der Waals surface area contributed by atoms with Gasteiger partial charge >= 0.3 is 0 Å². The molecule has 2 rings (SSSR count). The first-order chi connectivity index (χ1) is 11.9. The van der Waals surface area contributed by atoms with Crippen molar-refractivity contribution in [1.82, 2.24) is 0 Å². The van der Waals surface area contributed by atoms with E-state index in [-0.39, 0.29) is 42.7 Å². The quantitative estimate of drug-likeness (QED) is 0.686. The molecule has 8 atom stereocenters. The summed E-state index contributed by atoms with van der Waals surface area (Å²) in [6, 6.07) is 0. The molecule has 2 aliphatic heterocycles. The lowest BCUT2D eigenvalue weighted by Gasteiger charge is -2.20. The molecule has 0 saturated carbocycles. The Morgan fingerprint density at radius 3 is 1.56 bits per heavy atom. The van der Waals surface area contributed by atoms with Crippen LogP contribution in [0.2, 0.25) is 0 Å². The van der Waals surface area contributed by atoms with Crippen molar-refractivity contribution in [3.63, 3.8) is 0 Å². The van der Waals surface area contributed by atoms with Gasteiger partial charge < -0.3 is 38.3 Å². The van der Waals surface area contributed by atoms with Crippen LogP contribution in [0.4, 0.5) is 0 Å².